The molecular formula is C22H26ClN3O3S. The van der Waals surface area contributed by atoms with Crippen molar-refractivity contribution in [3.8, 4) is 0 Å². The molecule has 2 aromatic rings. The summed E-state index contributed by atoms with van der Waals surface area (Å²) in [6, 6.07) is 16.9. The number of piperidine rings is 1. The predicted molar refractivity (Wildman–Crippen MR) is 117 cm³/mol. The number of nitrogens with one attached hydrogen (secondary N) is 2. The van der Waals surface area contributed by atoms with Gasteiger partial charge in [0, 0.05) is 43.5 Å². The summed E-state index contributed by atoms with van der Waals surface area (Å²) in [7, 11) is -3.52. The van der Waals surface area contributed by atoms with Crippen LogP contribution in [0.4, 0.5) is 0 Å². The van der Waals surface area contributed by atoms with Crippen LogP contribution in [0.3, 0.4) is 0 Å². The highest BCUT2D eigenvalue weighted by Crippen LogP contribution is 2.42. The summed E-state index contributed by atoms with van der Waals surface area (Å²) in [5.74, 6) is -0.242. The summed E-state index contributed by atoms with van der Waals surface area (Å²) in [6.45, 7) is 2.88. The van der Waals surface area contributed by atoms with Crippen molar-refractivity contribution in [3.63, 3.8) is 0 Å². The van der Waals surface area contributed by atoms with Crippen LogP contribution >= 0.6 is 11.6 Å². The lowest BCUT2D eigenvalue weighted by Gasteiger charge is -2.44. The Morgan fingerprint density at radius 2 is 2.00 bits per heavy atom. The number of nitrogens with zero attached hydrogens (tertiary/aromatic N) is 1. The van der Waals surface area contributed by atoms with Crippen LogP contribution < -0.4 is 10.6 Å². The van der Waals surface area contributed by atoms with Gasteiger partial charge in [-0.25, -0.2) is 12.7 Å². The maximum atomic E-state index is 13.2. The standard InChI is InChI=1S/C22H26ClN3O3S/c1-16(27)25-22-10-11-26(30(28,29)14-17-6-5-9-19(23)12-17)13-20(22)21(24-15-22)18-7-3-2-4-8-18/h2-9,12,20-21,24H,10-11,13-15H2,1H3,(H,25,27)/t20-,21-,22-/m1/s1. The fourth-order valence-corrected chi connectivity index (χ4v) is 6.57. The van der Waals surface area contributed by atoms with Crippen LogP contribution in [-0.2, 0) is 20.6 Å². The number of fused-ring (bicyclic) bond motifs is 1. The van der Waals surface area contributed by atoms with Crippen molar-refractivity contribution in [1.29, 1.82) is 0 Å². The number of carbonyl (C=O) groups is 1. The Bertz CT molecular complexity index is 1030. The van der Waals surface area contributed by atoms with Crippen LogP contribution in [0.5, 0.6) is 0 Å². The molecule has 2 N–H and O–H groups in total. The van der Waals surface area contributed by atoms with Crippen LogP contribution in [0.2, 0.25) is 5.02 Å². The molecule has 2 fully saturated rings. The van der Waals surface area contributed by atoms with Gasteiger partial charge in [0.2, 0.25) is 15.9 Å². The lowest BCUT2D eigenvalue weighted by Crippen LogP contribution is -2.61. The van der Waals surface area contributed by atoms with E-state index >= 15 is 0 Å². The Labute approximate surface area is 182 Å². The highest BCUT2D eigenvalue weighted by molar-refractivity contribution is 7.88. The Morgan fingerprint density at radius 3 is 2.70 bits per heavy atom. The van der Waals surface area contributed by atoms with Crippen LogP contribution in [-0.4, -0.2) is 43.8 Å². The van der Waals surface area contributed by atoms with Gasteiger partial charge in [0.05, 0.1) is 11.3 Å². The zero-order valence-corrected chi connectivity index (χ0v) is 18.4. The van der Waals surface area contributed by atoms with Crippen LogP contribution in [0.15, 0.2) is 54.6 Å². The van der Waals surface area contributed by atoms with Crippen LogP contribution in [0.1, 0.15) is 30.5 Å². The molecule has 8 heteroatoms. The van der Waals surface area contributed by atoms with E-state index in [1.54, 1.807) is 28.6 Å². The third kappa shape index (κ3) is 4.25. The summed E-state index contributed by atoms with van der Waals surface area (Å²) in [6.07, 6.45) is 0.572. The Balaban J connectivity index is 1.61. The Hall–Kier alpha value is -1.93. The molecule has 2 heterocycles. The molecule has 0 aromatic heterocycles. The van der Waals surface area contributed by atoms with E-state index in [1.807, 2.05) is 30.3 Å². The van der Waals surface area contributed by atoms with Crippen LogP contribution in [0.25, 0.3) is 0 Å². The van der Waals surface area contributed by atoms with Crippen molar-refractivity contribution in [2.75, 3.05) is 19.6 Å². The second kappa shape index (κ2) is 8.30. The summed E-state index contributed by atoms with van der Waals surface area (Å²) in [4.78, 5) is 12.0. The van der Waals surface area contributed by atoms with Gasteiger partial charge in [0.1, 0.15) is 0 Å². The molecule has 2 aromatic carbocycles. The Morgan fingerprint density at radius 1 is 1.23 bits per heavy atom. The fraction of sp³-hybridized carbons (Fsp3) is 0.409. The number of benzene rings is 2. The summed E-state index contributed by atoms with van der Waals surface area (Å²) >= 11 is 6.03. The molecule has 0 saturated carbocycles. The zero-order valence-electron chi connectivity index (χ0n) is 16.8. The van der Waals surface area contributed by atoms with E-state index in [0.717, 1.165) is 5.56 Å². The largest absolute Gasteiger partial charge is 0.349 e. The SMILES string of the molecule is CC(=O)N[C@@]12CCN(S(=O)(=O)Cc3cccc(Cl)c3)C[C@@H]1[C@@H](c1ccccc1)NC2. The van der Waals surface area contributed by atoms with E-state index in [4.69, 9.17) is 11.6 Å². The molecule has 0 aliphatic carbocycles. The van der Waals surface area contributed by atoms with Crippen molar-refractivity contribution in [2.45, 2.75) is 30.7 Å². The molecule has 0 spiro atoms. The van der Waals surface area contributed by atoms with E-state index in [0.29, 0.717) is 36.6 Å². The van der Waals surface area contributed by atoms with Gasteiger partial charge in [-0.15, -0.1) is 0 Å². The molecule has 0 bridgehead atoms. The number of carbonyl (C=O) groups excluding carboxylic acids is 1. The lowest BCUT2D eigenvalue weighted by molar-refractivity contribution is -0.121. The van der Waals surface area contributed by atoms with Gasteiger partial charge in [-0.2, -0.15) is 0 Å². The van der Waals surface area contributed by atoms with Crippen molar-refractivity contribution in [3.05, 3.63) is 70.7 Å². The number of hydrogen-bond donors (Lipinski definition) is 2. The van der Waals surface area contributed by atoms with Gasteiger partial charge < -0.3 is 10.6 Å². The second-order valence-electron chi connectivity index (χ2n) is 8.21. The third-order valence-corrected chi connectivity index (χ3v) is 8.22. The van der Waals surface area contributed by atoms with Crippen LogP contribution in [0, 0.1) is 5.92 Å². The average Bonchev–Trinajstić information content (AvgIpc) is 3.06. The quantitative estimate of drug-likeness (QED) is 0.738. The molecule has 2 aliphatic rings. The van der Waals surface area contributed by atoms with Crippen molar-refractivity contribution in [2.24, 2.45) is 5.92 Å². The highest BCUT2D eigenvalue weighted by atomic mass is 35.5. The first-order valence-electron chi connectivity index (χ1n) is 10.1. The number of amides is 1. The molecule has 4 rings (SSSR count). The van der Waals surface area contributed by atoms with Crippen molar-refractivity contribution in [1.82, 2.24) is 14.9 Å². The van der Waals surface area contributed by atoms with Gasteiger partial charge in [-0.1, -0.05) is 54.1 Å². The molecule has 6 nitrogen and oxygen atoms in total. The van der Waals surface area contributed by atoms with E-state index in [2.05, 4.69) is 10.6 Å². The predicted octanol–water partition coefficient (Wildman–Crippen LogP) is 2.71. The normalized spacial score (nSPS) is 26.9. The van der Waals surface area contributed by atoms with Crippen molar-refractivity contribution < 1.29 is 13.2 Å². The fourth-order valence-electron chi connectivity index (χ4n) is 4.82. The smallest absolute Gasteiger partial charge is 0.218 e. The van der Waals surface area contributed by atoms with Gasteiger partial charge in [-0.3, -0.25) is 4.79 Å². The third-order valence-electron chi connectivity index (χ3n) is 6.17. The maximum Gasteiger partial charge on any atom is 0.218 e. The zero-order chi connectivity index (χ0) is 21.4. The lowest BCUT2D eigenvalue weighted by atomic mass is 9.76. The molecule has 1 amide bonds. The van der Waals surface area contributed by atoms with E-state index in [9.17, 15) is 13.2 Å². The topological polar surface area (TPSA) is 78.5 Å². The molecule has 2 aliphatic heterocycles. The van der Waals surface area contributed by atoms with Crippen molar-refractivity contribution >= 4 is 27.5 Å². The highest BCUT2D eigenvalue weighted by Gasteiger charge is 2.53. The molecule has 0 unspecified atom stereocenters. The number of sulfonamides is 1. The minimum absolute atomic E-state index is 0.0257. The molecule has 160 valence electrons. The average molecular weight is 448 g/mol. The number of hydrogen-bond acceptors (Lipinski definition) is 4. The molecule has 2 saturated heterocycles. The monoisotopic (exact) mass is 447 g/mol. The maximum absolute atomic E-state index is 13.2. The van der Waals surface area contributed by atoms with E-state index < -0.39 is 15.6 Å². The van der Waals surface area contributed by atoms with E-state index in [1.165, 1.54) is 6.92 Å². The van der Waals surface area contributed by atoms with E-state index in [-0.39, 0.29) is 23.6 Å². The molecule has 3 atom stereocenters. The first-order chi connectivity index (χ1) is 14.3. The number of rotatable bonds is 5. The summed E-state index contributed by atoms with van der Waals surface area (Å²) in [5, 5.41) is 7.21. The summed E-state index contributed by atoms with van der Waals surface area (Å²) < 4.78 is 28.0. The minimum atomic E-state index is -3.52. The first-order valence-corrected chi connectivity index (χ1v) is 12.1. The number of halogens is 1. The summed E-state index contributed by atoms with van der Waals surface area (Å²) in [5.41, 5.74) is 1.32. The molecule has 0 radical (unpaired) electrons. The minimum Gasteiger partial charge on any atom is -0.349 e. The molecule has 30 heavy (non-hydrogen) atoms. The molecular weight excluding hydrogens is 422 g/mol. The first kappa shape index (κ1) is 21.3. The Kier molecular flexibility index (Phi) is 5.90. The van der Waals surface area contributed by atoms with Gasteiger partial charge in [0.25, 0.3) is 0 Å². The van der Waals surface area contributed by atoms with Gasteiger partial charge >= 0.3 is 0 Å². The second-order valence-corrected chi connectivity index (χ2v) is 10.6. The van der Waals surface area contributed by atoms with Gasteiger partial charge in [-0.05, 0) is 29.7 Å². The van der Waals surface area contributed by atoms with Gasteiger partial charge in [0.15, 0.2) is 0 Å².